The van der Waals surface area contributed by atoms with E-state index in [0.29, 0.717) is 54.0 Å². The average molecular weight is 671 g/mol. The fourth-order valence-electron chi connectivity index (χ4n) is 5.39. The van der Waals surface area contributed by atoms with Crippen LogP contribution in [0.4, 0.5) is 0 Å². The molecule has 3 aromatic rings. The first-order valence-electron chi connectivity index (χ1n) is 15.8. The molecule has 2 aliphatic rings. The Morgan fingerprint density at radius 3 is 2.31 bits per heavy atom. The third-order valence-electron chi connectivity index (χ3n) is 9.11. The zero-order chi connectivity index (χ0) is 32.6. The van der Waals surface area contributed by atoms with Gasteiger partial charge in [-0.05, 0) is 41.9 Å². The van der Waals surface area contributed by atoms with Gasteiger partial charge in [-0.15, -0.1) is 0 Å². The molecular weight excluding hydrogens is 624 g/mol. The van der Waals surface area contributed by atoms with Crippen molar-refractivity contribution in [2.24, 2.45) is 0 Å². The first-order chi connectivity index (χ1) is 21.2. The number of halogens is 1. The number of hydrogen-bond donors (Lipinski definition) is 0. The maximum absolute atomic E-state index is 10.5. The molecule has 3 heterocycles. The van der Waals surface area contributed by atoms with E-state index in [2.05, 4.69) is 59.6 Å². The summed E-state index contributed by atoms with van der Waals surface area (Å²) < 4.78 is 40.1. The highest BCUT2D eigenvalue weighted by atomic mass is 35.5. The molecule has 2 aromatic carbocycles. The van der Waals surface area contributed by atoms with Crippen LogP contribution in [0.15, 0.2) is 42.5 Å². The van der Waals surface area contributed by atoms with Gasteiger partial charge in [-0.25, -0.2) is 0 Å². The number of nitriles is 1. The van der Waals surface area contributed by atoms with E-state index in [1.807, 2.05) is 47.0 Å². The minimum absolute atomic E-state index is 0.0721. The van der Waals surface area contributed by atoms with Gasteiger partial charge in [0.25, 0.3) is 0 Å². The Morgan fingerprint density at radius 2 is 1.67 bits per heavy atom. The number of fused-ring (bicyclic) bond motifs is 2. The second-order valence-corrected chi connectivity index (χ2v) is 25.6. The van der Waals surface area contributed by atoms with Crippen LogP contribution in [-0.2, 0) is 32.0 Å². The third kappa shape index (κ3) is 7.62. The first-order valence-corrected chi connectivity index (χ1v) is 22.8. The van der Waals surface area contributed by atoms with E-state index in [0.717, 1.165) is 17.1 Å². The van der Waals surface area contributed by atoms with Gasteiger partial charge in [0.2, 0.25) is 5.88 Å². The van der Waals surface area contributed by atoms with Gasteiger partial charge >= 0.3 is 0 Å². The van der Waals surface area contributed by atoms with E-state index in [1.165, 1.54) is 0 Å². The molecule has 244 valence electrons. The van der Waals surface area contributed by atoms with Crippen molar-refractivity contribution in [2.45, 2.75) is 102 Å². The molecule has 0 radical (unpaired) electrons. The Morgan fingerprint density at radius 1 is 1.00 bits per heavy atom. The molecule has 2 aliphatic heterocycles. The van der Waals surface area contributed by atoms with Gasteiger partial charge in [-0.3, -0.25) is 4.57 Å². The molecule has 0 N–H and O–H groups in total. The Bertz CT molecular complexity index is 1530. The van der Waals surface area contributed by atoms with Crippen molar-refractivity contribution in [1.82, 2.24) is 4.57 Å². The monoisotopic (exact) mass is 670 g/mol. The van der Waals surface area contributed by atoms with Crippen LogP contribution in [0.25, 0.3) is 10.9 Å². The Balaban J connectivity index is 1.43. The van der Waals surface area contributed by atoms with Crippen LogP contribution < -0.4 is 9.47 Å². The van der Waals surface area contributed by atoms with Crippen LogP contribution in [0.2, 0.25) is 48.8 Å². The van der Waals surface area contributed by atoms with Crippen molar-refractivity contribution in [3.8, 4) is 17.7 Å². The highest BCUT2D eigenvalue weighted by molar-refractivity contribution is 6.76. The highest BCUT2D eigenvalue weighted by Gasteiger charge is 2.52. The van der Waals surface area contributed by atoms with E-state index >= 15 is 0 Å². The molecule has 0 unspecified atom stereocenters. The van der Waals surface area contributed by atoms with Crippen LogP contribution in [0.5, 0.6) is 11.6 Å². The predicted octanol–water partition coefficient (Wildman–Crippen LogP) is 7.99. The predicted molar refractivity (Wildman–Crippen MR) is 183 cm³/mol. The van der Waals surface area contributed by atoms with Gasteiger partial charge in [0.15, 0.2) is 14.4 Å². The largest absolute Gasteiger partial charge is 0.487 e. The zero-order valence-electron chi connectivity index (χ0n) is 27.8. The first kappa shape index (κ1) is 34.0. The lowest BCUT2D eigenvalue weighted by atomic mass is 10.1. The molecule has 1 aromatic heterocycles. The number of rotatable bonds is 12. The van der Waals surface area contributed by atoms with Crippen molar-refractivity contribution in [3.05, 3.63) is 58.6 Å². The number of benzene rings is 2. The maximum atomic E-state index is 10.5. The topological polar surface area (TPSA) is 84.1 Å². The maximum Gasteiger partial charge on any atom is 0.215 e. The summed E-state index contributed by atoms with van der Waals surface area (Å²) >= 11 is 6.76. The lowest BCUT2D eigenvalue weighted by Gasteiger charge is -2.39. The van der Waals surface area contributed by atoms with Crippen LogP contribution >= 0.6 is 11.6 Å². The summed E-state index contributed by atoms with van der Waals surface area (Å²) in [6.45, 7) is 20.1. The van der Waals surface area contributed by atoms with E-state index in [9.17, 15) is 5.26 Å². The summed E-state index contributed by atoms with van der Waals surface area (Å²) in [5.41, 5.74) is 2.17. The summed E-state index contributed by atoms with van der Waals surface area (Å²) in [6.07, 6.45) is -1.10. The quantitative estimate of drug-likeness (QED) is 0.143. The SMILES string of the molecule is CC(C)(C)[Si](C)(C)O[C@@H]1CO[C@H]2[C@@H]1OC[C@H]2Oc1c(C#N)c2cc(OCc3ccccc3)c(Cl)cc2n1COCC[Si](C)(C)C. The van der Waals surface area contributed by atoms with Crippen LogP contribution in [0.3, 0.4) is 0 Å². The van der Waals surface area contributed by atoms with E-state index in [4.69, 9.17) is 39.7 Å². The highest BCUT2D eigenvalue weighted by Crippen LogP contribution is 2.42. The van der Waals surface area contributed by atoms with Crippen molar-refractivity contribution in [2.75, 3.05) is 19.8 Å². The normalized spacial score (nSPS) is 22.0. The van der Waals surface area contributed by atoms with Gasteiger partial charge in [0.1, 0.15) is 42.9 Å². The lowest BCUT2D eigenvalue weighted by Crippen LogP contribution is -2.47. The molecule has 0 aliphatic carbocycles. The van der Waals surface area contributed by atoms with Crippen LogP contribution in [0.1, 0.15) is 31.9 Å². The molecular formula is C34H47ClN2O6Si2. The average Bonchev–Trinajstić information content (AvgIpc) is 3.62. The lowest BCUT2D eigenvalue weighted by molar-refractivity contribution is 0.00849. The van der Waals surface area contributed by atoms with Gasteiger partial charge in [0.05, 0.1) is 29.9 Å². The smallest absolute Gasteiger partial charge is 0.215 e. The number of nitrogens with zero attached hydrogens (tertiary/aromatic N) is 2. The second-order valence-electron chi connectivity index (χ2n) is 14.8. The standard InChI is InChI=1S/C34H47ClN2O6Si2/c1-34(2,3)45(7,8)43-30-21-41-31-29(20-40-32(30)31)42-33-25(18-36)24-16-28(39-19-23-12-10-9-11-13-23)26(35)17-27(24)37(33)22-38-14-15-44(4,5)6/h9-13,16-17,29-32H,14-15,19-22H2,1-8H3/t29-,30-,31-,32-/m1/s1. The summed E-state index contributed by atoms with van der Waals surface area (Å²) in [4.78, 5) is 0. The summed E-state index contributed by atoms with van der Waals surface area (Å²) in [5.74, 6) is 0.922. The minimum Gasteiger partial charge on any atom is -0.487 e. The molecule has 0 saturated carbocycles. The van der Waals surface area contributed by atoms with Crippen LogP contribution in [0, 0.1) is 11.3 Å². The Labute approximate surface area is 274 Å². The Hall–Kier alpha value is -2.37. The second kappa shape index (κ2) is 13.4. The number of aromatic nitrogens is 1. The van der Waals surface area contributed by atoms with Gasteiger partial charge < -0.3 is 28.1 Å². The molecule has 0 spiro atoms. The fraction of sp³-hybridized carbons (Fsp3) is 0.559. The van der Waals surface area contributed by atoms with Gasteiger partial charge in [-0.1, -0.05) is 82.3 Å². The van der Waals surface area contributed by atoms with Gasteiger partial charge in [-0.2, -0.15) is 5.26 Å². The molecule has 0 amide bonds. The van der Waals surface area contributed by atoms with E-state index in [-0.39, 0.29) is 30.1 Å². The molecule has 5 rings (SSSR count). The van der Waals surface area contributed by atoms with Crippen molar-refractivity contribution >= 4 is 38.9 Å². The fourth-order valence-corrected chi connectivity index (χ4v) is 7.68. The Kier molecular flexibility index (Phi) is 10.1. The summed E-state index contributed by atoms with van der Waals surface area (Å²) in [6, 6.07) is 17.0. The zero-order valence-corrected chi connectivity index (χ0v) is 30.6. The van der Waals surface area contributed by atoms with Crippen molar-refractivity contribution in [3.63, 3.8) is 0 Å². The summed E-state index contributed by atoms with van der Waals surface area (Å²) in [7, 11) is -3.33. The van der Waals surface area contributed by atoms with Crippen LogP contribution in [-0.4, -0.2) is 65.2 Å². The van der Waals surface area contributed by atoms with Crippen molar-refractivity contribution < 1.29 is 28.1 Å². The number of ether oxygens (including phenoxy) is 5. The van der Waals surface area contributed by atoms with Gasteiger partial charge in [0, 0.05) is 20.1 Å². The molecule has 8 nitrogen and oxygen atoms in total. The minimum atomic E-state index is -2.03. The molecule has 11 heteroatoms. The molecule has 2 fully saturated rings. The summed E-state index contributed by atoms with van der Waals surface area (Å²) in [5, 5.41) is 11.7. The third-order valence-corrected chi connectivity index (χ3v) is 15.6. The van der Waals surface area contributed by atoms with E-state index < -0.39 is 22.5 Å². The molecule has 2 saturated heterocycles. The molecule has 0 bridgehead atoms. The number of hydrogen-bond acceptors (Lipinski definition) is 7. The molecule has 45 heavy (non-hydrogen) atoms. The molecule has 4 atom stereocenters. The van der Waals surface area contributed by atoms with Crippen molar-refractivity contribution in [1.29, 1.82) is 5.26 Å². The van der Waals surface area contributed by atoms with E-state index in [1.54, 1.807) is 0 Å².